The van der Waals surface area contributed by atoms with E-state index >= 15 is 0 Å². The Balaban J connectivity index is 0.000000425. The van der Waals surface area contributed by atoms with E-state index in [9.17, 15) is 4.79 Å². The number of fused-ring (bicyclic) bond motifs is 1. The van der Waals surface area contributed by atoms with Gasteiger partial charge in [-0.1, -0.05) is 18.6 Å². The minimum absolute atomic E-state index is 0. The number of rotatable bonds is 4. The molecule has 2 aromatic heterocycles. The molecule has 2 N–H and O–H groups in total. The Morgan fingerprint density at radius 1 is 1.38 bits per heavy atom. The van der Waals surface area contributed by atoms with Gasteiger partial charge in [-0.15, -0.1) is 0 Å². The Kier molecular flexibility index (Phi) is 8.20. The largest absolute Gasteiger partial charge is 1.00 e. The average molecular weight is 316 g/mol. The van der Waals surface area contributed by atoms with Gasteiger partial charge < -0.3 is 24.3 Å². The summed E-state index contributed by atoms with van der Waals surface area (Å²) in [6.45, 7) is 7.89. The first-order chi connectivity index (χ1) is 11.2. The molecule has 3 aromatic rings. The molecule has 2 heterocycles. The Labute approximate surface area is 153 Å². The molecular formula is C17H17LiN4O2-2. The number of nitrogens with zero attached hydrogens (tertiary/aromatic N) is 3. The van der Waals surface area contributed by atoms with Crippen LogP contribution in [-0.4, -0.2) is 33.7 Å². The maximum atomic E-state index is 11.5. The number of nitrogens with two attached hydrogens (primary N) is 1. The third-order valence-electron chi connectivity index (χ3n) is 2.95. The summed E-state index contributed by atoms with van der Waals surface area (Å²) in [5.74, 6) is 0.111. The molecule has 1 aromatic carbocycles. The summed E-state index contributed by atoms with van der Waals surface area (Å²) in [7, 11) is 0. The number of aromatic nitrogens is 3. The minimum Gasteiger partial charge on any atom is -0.445 e. The van der Waals surface area contributed by atoms with E-state index in [1.165, 1.54) is 0 Å². The van der Waals surface area contributed by atoms with Crippen LogP contribution in [0.4, 0.5) is 0 Å². The summed E-state index contributed by atoms with van der Waals surface area (Å²) >= 11 is 0. The number of amides is 1. The van der Waals surface area contributed by atoms with E-state index in [1.54, 1.807) is 47.6 Å². The maximum Gasteiger partial charge on any atom is 1.00 e. The Bertz CT molecular complexity index is 773. The summed E-state index contributed by atoms with van der Waals surface area (Å²) in [5, 5.41) is 0.703. The van der Waals surface area contributed by atoms with Crippen LogP contribution in [0, 0.1) is 19.9 Å². The number of pyridine rings is 1. The first-order valence-corrected chi connectivity index (χ1v) is 6.93. The van der Waals surface area contributed by atoms with Crippen molar-refractivity contribution in [1.29, 1.82) is 0 Å². The molecule has 0 aliphatic rings. The monoisotopic (exact) mass is 316 g/mol. The van der Waals surface area contributed by atoms with Crippen LogP contribution < -0.4 is 24.6 Å². The van der Waals surface area contributed by atoms with Crippen LogP contribution in [0.15, 0.2) is 43.0 Å². The number of ether oxygens (including phenoxy) is 1. The van der Waals surface area contributed by atoms with Gasteiger partial charge in [-0.05, 0) is 17.1 Å². The van der Waals surface area contributed by atoms with Gasteiger partial charge in [-0.25, -0.2) is 4.98 Å². The number of primary amides is 1. The second-order valence-corrected chi connectivity index (χ2v) is 4.41. The van der Waals surface area contributed by atoms with Crippen LogP contribution >= 0.6 is 0 Å². The Morgan fingerprint density at radius 2 is 2.12 bits per heavy atom. The van der Waals surface area contributed by atoms with Gasteiger partial charge in [0.2, 0.25) is 5.91 Å². The molecule has 120 valence electrons. The van der Waals surface area contributed by atoms with Gasteiger partial charge in [0.15, 0.2) is 0 Å². The van der Waals surface area contributed by atoms with Crippen LogP contribution in [0.1, 0.15) is 10.4 Å². The minimum atomic E-state index is -0.483. The number of hydrogen-bond acceptors (Lipinski definition) is 4. The number of hydrogen-bond donors (Lipinski definition) is 1. The molecule has 0 saturated heterocycles. The number of carbonyl (C=O) groups excluding carboxylic acids is 1. The van der Waals surface area contributed by atoms with Crippen LogP contribution in [-0.2, 0) is 4.74 Å². The van der Waals surface area contributed by atoms with Crippen molar-refractivity contribution in [3.63, 3.8) is 0 Å². The first kappa shape index (κ1) is 19.9. The van der Waals surface area contributed by atoms with Crippen molar-refractivity contribution in [1.82, 2.24) is 14.5 Å². The Hall–Kier alpha value is -2.13. The van der Waals surface area contributed by atoms with Crippen LogP contribution in [0.2, 0.25) is 0 Å². The summed E-state index contributed by atoms with van der Waals surface area (Å²) in [6.07, 6.45) is 5.01. The van der Waals surface area contributed by atoms with Gasteiger partial charge in [-0.2, -0.15) is 24.3 Å². The second-order valence-electron chi connectivity index (χ2n) is 4.41. The quantitative estimate of drug-likeness (QED) is 0.494. The molecule has 0 saturated carbocycles. The Morgan fingerprint density at radius 3 is 2.67 bits per heavy atom. The van der Waals surface area contributed by atoms with Gasteiger partial charge in [-0.3, -0.25) is 14.3 Å². The van der Waals surface area contributed by atoms with E-state index in [1.807, 2.05) is 0 Å². The molecule has 0 aliphatic heterocycles. The number of benzene rings is 1. The van der Waals surface area contributed by atoms with Gasteiger partial charge in [0.25, 0.3) is 0 Å². The summed E-state index contributed by atoms with van der Waals surface area (Å²) in [5.41, 5.74) is 6.44. The molecule has 3 rings (SSSR count). The smallest absolute Gasteiger partial charge is 0.445 e. The number of imidazole rings is 1. The molecule has 0 radical (unpaired) electrons. The van der Waals surface area contributed by atoms with E-state index in [0.29, 0.717) is 35.5 Å². The van der Waals surface area contributed by atoms with E-state index in [-0.39, 0.29) is 18.9 Å². The van der Waals surface area contributed by atoms with Crippen molar-refractivity contribution in [2.24, 2.45) is 5.73 Å². The van der Waals surface area contributed by atoms with Crippen molar-refractivity contribution >= 4 is 16.8 Å². The zero-order chi connectivity index (χ0) is 16.7. The van der Waals surface area contributed by atoms with Crippen molar-refractivity contribution in [2.45, 2.75) is 0 Å². The van der Waals surface area contributed by atoms with E-state index in [0.717, 1.165) is 0 Å². The van der Waals surface area contributed by atoms with Gasteiger partial charge >= 0.3 is 18.9 Å². The van der Waals surface area contributed by atoms with E-state index in [2.05, 4.69) is 34.6 Å². The predicted molar refractivity (Wildman–Crippen MR) is 87.8 cm³/mol. The maximum absolute atomic E-state index is 11.5. The fourth-order valence-electron chi connectivity index (χ4n) is 1.92. The van der Waals surface area contributed by atoms with Crippen LogP contribution in [0.25, 0.3) is 16.7 Å². The summed E-state index contributed by atoms with van der Waals surface area (Å²) < 4.78 is 6.33. The molecule has 0 aliphatic carbocycles. The molecule has 0 atom stereocenters. The standard InChI is InChI=1S/C13H9N4O.C4H8O.Li/c14-13(18)10-7-12(17-6-5-15-8-17)16-11-4-2-1-3-9(10)11;1-3-5-4-2;/h1-3,5-8H,(H2,14,18);1-4H2;/q-1;-2;+1. The molecule has 1 amide bonds. The fraction of sp³-hybridized carbons (Fsp3) is 0.118. The van der Waals surface area contributed by atoms with Crippen LogP contribution in [0.5, 0.6) is 0 Å². The van der Waals surface area contributed by atoms with Crippen molar-refractivity contribution in [3.8, 4) is 5.82 Å². The molecular weight excluding hydrogens is 299 g/mol. The van der Waals surface area contributed by atoms with Gasteiger partial charge in [0.05, 0.1) is 0 Å². The number of para-hydroxylation sites is 1. The molecule has 24 heavy (non-hydrogen) atoms. The number of carbonyl (C=O) groups is 1. The molecule has 0 spiro atoms. The summed E-state index contributed by atoms with van der Waals surface area (Å²) in [4.78, 5) is 19.9. The van der Waals surface area contributed by atoms with Crippen molar-refractivity contribution in [3.05, 3.63) is 68.5 Å². The molecule has 0 bridgehead atoms. The van der Waals surface area contributed by atoms with Crippen molar-refractivity contribution < 1.29 is 28.4 Å². The zero-order valence-electron chi connectivity index (χ0n) is 13.6. The third-order valence-corrected chi connectivity index (χ3v) is 2.95. The van der Waals surface area contributed by atoms with Gasteiger partial charge in [0, 0.05) is 12.4 Å². The van der Waals surface area contributed by atoms with Gasteiger partial charge in [0.1, 0.15) is 12.1 Å². The van der Waals surface area contributed by atoms with Crippen LogP contribution in [0.3, 0.4) is 0 Å². The molecule has 6 nitrogen and oxygen atoms in total. The van der Waals surface area contributed by atoms with Crippen molar-refractivity contribution in [2.75, 3.05) is 13.2 Å². The second kappa shape index (κ2) is 9.88. The fourth-order valence-corrected chi connectivity index (χ4v) is 1.92. The average Bonchev–Trinajstić information content (AvgIpc) is 3.09. The third kappa shape index (κ3) is 4.93. The van der Waals surface area contributed by atoms with E-state index in [4.69, 9.17) is 5.73 Å². The molecule has 7 heteroatoms. The summed E-state index contributed by atoms with van der Waals surface area (Å²) in [6, 6.07) is 10.00. The normalized spacial score (nSPS) is 9.75. The topological polar surface area (TPSA) is 83.0 Å². The molecule has 0 fully saturated rings. The first-order valence-electron chi connectivity index (χ1n) is 6.93. The van der Waals surface area contributed by atoms with E-state index < -0.39 is 5.91 Å². The molecule has 0 unspecified atom stereocenters. The SMILES string of the molecule is NC(=O)c1cc(-n2ccnc2)nc2[c-]cccc12.[CH2-]COC[CH2-].[Li+]. The predicted octanol–water partition coefficient (Wildman–Crippen LogP) is -1.01. The zero-order valence-corrected chi connectivity index (χ0v) is 13.6.